The van der Waals surface area contributed by atoms with E-state index in [2.05, 4.69) is 32.6 Å². The molecule has 1 radical (unpaired) electrons. The van der Waals surface area contributed by atoms with Gasteiger partial charge in [-0.2, -0.15) is 0 Å². The molecule has 1 rings (SSSR count). The largest absolute Gasteiger partial charge is 0.575 e. The van der Waals surface area contributed by atoms with E-state index in [0.29, 0.717) is 11.1 Å². The Balaban J connectivity index is 2.79. The number of amides is 1. The van der Waals surface area contributed by atoms with Crippen molar-refractivity contribution in [1.29, 1.82) is 0 Å². The zero-order valence-corrected chi connectivity index (χ0v) is 58.5. The van der Waals surface area contributed by atoms with Crippen molar-refractivity contribution >= 4 is 11.9 Å². The molecule has 0 aromatic heterocycles. The van der Waals surface area contributed by atoms with Crippen molar-refractivity contribution in [3.8, 4) is 0 Å². The van der Waals surface area contributed by atoms with Crippen molar-refractivity contribution in [2.24, 2.45) is 0 Å². The molecule has 0 bridgehead atoms. The molecule has 499 valence electrons. The number of nitrogens with zero attached hydrogens (tertiary/aromatic N) is 2. The highest BCUT2D eigenvalue weighted by Crippen LogP contribution is 2.22. The molecule has 1 aromatic rings. The summed E-state index contributed by atoms with van der Waals surface area (Å²) < 4.78 is 0. The summed E-state index contributed by atoms with van der Waals surface area (Å²) in [7, 11) is 0. The number of carbonyl (C=O) groups is 2. The molecule has 0 fully saturated rings. The quantitative estimate of drug-likeness (QED) is 0.0371. The summed E-state index contributed by atoms with van der Waals surface area (Å²) >= 11 is 0. The van der Waals surface area contributed by atoms with Crippen molar-refractivity contribution in [2.45, 2.75) is 439 Å². The first-order chi connectivity index (χ1) is 42.1. The SMILES string of the molecule is CCCCCCCCCCCCCCCCCCN(CCCCCCCCCCCCCCCCCC)OC(=O)c1ccccc1C(=[O+])N(CCCCCCCCCCCCCCCCCC)CCCCCCCCCCCCCCCCCC. The van der Waals surface area contributed by atoms with E-state index in [1.54, 1.807) is 0 Å². The molecule has 1 amide bonds. The van der Waals surface area contributed by atoms with Crippen molar-refractivity contribution in [3.63, 3.8) is 0 Å². The molecule has 0 N–H and O–H groups in total. The Morgan fingerprint density at radius 2 is 0.447 bits per heavy atom. The van der Waals surface area contributed by atoms with Gasteiger partial charge in [-0.15, -0.1) is 5.06 Å². The summed E-state index contributed by atoms with van der Waals surface area (Å²) in [5, 5.41) is 1.97. The second-order valence-corrected chi connectivity index (χ2v) is 27.4. The van der Waals surface area contributed by atoms with Crippen LogP contribution in [-0.2, 0) is 4.84 Å². The van der Waals surface area contributed by atoms with Gasteiger partial charge in [-0.05, 0) is 37.8 Å². The predicted molar refractivity (Wildman–Crippen MR) is 378 cm³/mol. The molecular formula is C80H152N2O3+. The van der Waals surface area contributed by atoms with Crippen molar-refractivity contribution in [2.75, 3.05) is 26.2 Å². The molecule has 0 spiro atoms. The van der Waals surface area contributed by atoms with Crippen LogP contribution in [0.1, 0.15) is 459 Å². The van der Waals surface area contributed by atoms with Gasteiger partial charge in [-0.1, -0.05) is 425 Å². The van der Waals surface area contributed by atoms with Gasteiger partial charge in [0, 0.05) is 26.2 Å². The number of rotatable bonds is 71. The lowest BCUT2D eigenvalue weighted by Gasteiger charge is -2.22. The van der Waals surface area contributed by atoms with Gasteiger partial charge in [0.05, 0.1) is 5.56 Å². The van der Waals surface area contributed by atoms with E-state index in [0.717, 1.165) is 64.7 Å². The summed E-state index contributed by atoms with van der Waals surface area (Å²) in [4.78, 5) is 37.5. The molecule has 0 atom stereocenters. The number of benzene rings is 1. The number of hydroxylamine groups is 2. The third kappa shape index (κ3) is 55.9. The molecule has 5 nitrogen and oxygen atoms in total. The molecule has 0 saturated carbocycles. The fourth-order valence-corrected chi connectivity index (χ4v) is 13.1. The van der Waals surface area contributed by atoms with Gasteiger partial charge < -0.3 is 4.84 Å². The Labute approximate surface area is 533 Å². The van der Waals surface area contributed by atoms with E-state index in [9.17, 15) is 9.59 Å². The van der Waals surface area contributed by atoms with Gasteiger partial charge in [0.1, 0.15) is 5.56 Å². The first kappa shape index (κ1) is 81.1. The van der Waals surface area contributed by atoms with Crippen LogP contribution in [0.25, 0.3) is 0 Å². The van der Waals surface area contributed by atoms with Crippen molar-refractivity contribution in [3.05, 3.63) is 35.4 Å². The zero-order chi connectivity index (χ0) is 61.1. The normalized spacial score (nSPS) is 11.6. The van der Waals surface area contributed by atoms with E-state index < -0.39 is 0 Å². The van der Waals surface area contributed by atoms with Gasteiger partial charge in [0.15, 0.2) is 0 Å². The van der Waals surface area contributed by atoms with E-state index in [-0.39, 0.29) is 11.9 Å². The maximum absolute atomic E-state index is 14.7. The summed E-state index contributed by atoms with van der Waals surface area (Å²) in [6.07, 6.45) is 86.2. The second kappa shape index (κ2) is 68.0. The molecule has 0 aliphatic carbocycles. The van der Waals surface area contributed by atoms with Crippen LogP contribution < -0.4 is 0 Å². The molecular weight excluding hydrogens is 1040 g/mol. The van der Waals surface area contributed by atoms with Crippen LogP contribution in [0.2, 0.25) is 0 Å². The molecule has 85 heavy (non-hydrogen) atoms. The highest BCUT2D eigenvalue weighted by molar-refractivity contribution is 6.05. The lowest BCUT2D eigenvalue weighted by molar-refractivity contribution is -0.111. The summed E-state index contributed by atoms with van der Waals surface area (Å²) in [6.45, 7) is 12.3. The molecule has 0 aliphatic heterocycles. The minimum atomic E-state index is -0.360. The molecule has 5 heteroatoms. The van der Waals surface area contributed by atoms with Gasteiger partial charge >= 0.3 is 11.9 Å². The number of hydrogen-bond acceptors (Lipinski definition) is 4. The van der Waals surface area contributed by atoms with Crippen molar-refractivity contribution < 1.29 is 14.4 Å². The zero-order valence-electron chi connectivity index (χ0n) is 58.5. The monoisotopic (exact) mass is 1190 g/mol. The maximum atomic E-state index is 14.7. The molecule has 0 heterocycles. The third-order valence-corrected chi connectivity index (χ3v) is 19.0. The van der Waals surface area contributed by atoms with Crippen LogP contribution in [-0.4, -0.2) is 48.0 Å². The minimum Gasteiger partial charge on any atom is -0.364 e. The van der Waals surface area contributed by atoms with Crippen LogP contribution in [0.4, 0.5) is 0 Å². The van der Waals surface area contributed by atoms with Gasteiger partial charge in [0.2, 0.25) is 0 Å². The van der Waals surface area contributed by atoms with Gasteiger partial charge in [-0.25, -0.2) is 4.79 Å². The van der Waals surface area contributed by atoms with E-state index >= 15 is 0 Å². The Morgan fingerprint density at radius 3 is 0.659 bits per heavy atom. The minimum absolute atomic E-state index is 0.0108. The molecule has 1 aromatic carbocycles. The van der Waals surface area contributed by atoms with Crippen LogP contribution in [0.3, 0.4) is 0 Å². The molecule has 0 aliphatic rings. The summed E-state index contributed by atoms with van der Waals surface area (Å²) in [5.74, 6) is -0.349. The lowest BCUT2D eigenvalue weighted by Crippen LogP contribution is -2.35. The Bertz CT molecular complexity index is 1410. The van der Waals surface area contributed by atoms with E-state index in [4.69, 9.17) is 4.84 Å². The molecule has 0 unspecified atom stereocenters. The fraction of sp³-hybridized carbons (Fsp3) is 0.900. The Kier molecular flexibility index (Phi) is 64.9. The van der Waals surface area contributed by atoms with Crippen LogP contribution in [0, 0.1) is 0 Å². The van der Waals surface area contributed by atoms with Crippen LogP contribution >= 0.6 is 0 Å². The Hall–Kier alpha value is -1.88. The second-order valence-electron chi connectivity index (χ2n) is 27.4. The number of carbonyl (C=O) groups excluding carboxylic acids is 2. The van der Waals surface area contributed by atoms with Gasteiger partial charge in [0.25, 0.3) is 4.79 Å². The average molecular weight is 1190 g/mol. The Morgan fingerprint density at radius 1 is 0.271 bits per heavy atom. The fourth-order valence-electron chi connectivity index (χ4n) is 13.1. The highest BCUT2D eigenvalue weighted by Gasteiger charge is 2.33. The summed E-state index contributed by atoms with van der Waals surface area (Å²) in [5.41, 5.74) is 0.950. The summed E-state index contributed by atoms with van der Waals surface area (Å²) in [6, 6.07) is 7.59. The smallest absolute Gasteiger partial charge is 0.364 e. The maximum Gasteiger partial charge on any atom is 0.575 e. The number of hydrogen-bond donors (Lipinski definition) is 0. The van der Waals surface area contributed by atoms with Crippen molar-refractivity contribution in [1.82, 2.24) is 9.96 Å². The highest BCUT2D eigenvalue weighted by atomic mass is 16.7. The van der Waals surface area contributed by atoms with Crippen LogP contribution in [0.15, 0.2) is 24.3 Å². The van der Waals surface area contributed by atoms with E-state index in [1.807, 2.05) is 29.3 Å². The first-order valence-electron chi connectivity index (χ1n) is 39.4. The average Bonchev–Trinajstić information content (AvgIpc) is 3.67. The van der Waals surface area contributed by atoms with E-state index in [1.165, 1.54) is 372 Å². The standard InChI is InChI=1S/C80H152N2O3/c1-5-9-13-17-21-25-29-33-37-41-45-49-53-57-61-67-73-81(74-68-62-58-54-50-46-42-38-34-30-26-22-18-14-10-6-2)79(83)77-71-65-66-72-78(77)80(84)85-82(75-69-63-59-55-51-47-43-39-35-31-27-23-19-15-11-7-3)76-70-64-60-56-52-48-44-40-36-32-28-24-20-16-12-8-4/h65-66,71-72H,5-64,67-70,73-76H2,1-4H3/q+1. The topological polar surface area (TPSA) is 52.7 Å². The number of unbranched alkanes of at least 4 members (excludes halogenated alkanes) is 60. The predicted octanol–water partition coefficient (Wildman–Crippen LogP) is 27.5. The first-order valence-corrected chi connectivity index (χ1v) is 39.4. The molecule has 0 saturated heterocycles. The lowest BCUT2D eigenvalue weighted by atomic mass is 10.0. The van der Waals surface area contributed by atoms with Gasteiger partial charge in [-0.3, -0.25) is 4.90 Å². The van der Waals surface area contributed by atoms with Crippen LogP contribution in [0.5, 0.6) is 0 Å². The third-order valence-electron chi connectivity index (χ3n) is 19.0.